The van der Waals surface area contributed by atoms with E-state index in [1.165, 1.54) is 19.3 Å². The number of pyridine rings is 1. The van der Waals surface area contributed by atoms with E-state index < -0.39 is 11.7 Å². The second kappa shape index (κ2) is 10.2. The summed E-state index contributed by atoms with van der Waals surface area (Å²) >= 11 is 6.00. The van der Waals surface area contributed by atoms with Gasteiger partial charge in [-0.1, -0.05) is 66.8 Å². The van der Waals surface area contributed by atoms with Gasteiger partial charge in [0.2, 0.25) is 0 Å². The maximum absolute atomic E-state index is 13.1. The Kier molecular flexibility index (Phi) is 7.27. The summed E-state index contributed by atoms with van der Waals surface area (Å²) in [7, 11) is 0. The molecule has 1 aliphatic carbocycles. The number of carbonyl (C=O) groups is 1. The summed E-state index contributed by atoms with van der Waals surface area (Å²) in [6.45, 7) is 1.96. The second-order valence-electron chi connectivity index (χ2n) is 8.88. The molecule has 7 heteroatoms. The van der Waals surface area contributed by atoms with Gasteiger partial charge in [0.05, 0.1) is 22.8 Å². The van der Waals surface area contributed by atoms with Gasteiger partial charge >= 0.3 is 6.18 Å². The lowest BCUT2D eigenvalue weighted by Crippen LogP contribution is -2.24. The van der Waals surface area contributed by atoms with Gasteiger partial charge in [-0.2, -0.15) is 13.2 Å². The van der Waals surface area contributed by atoms with Crippen LogP contribution in [0.15, 0.2) is 54.7 Å². The van der Waals surface area contributed by atoms with Crippen molar-refractivity contribution in [3.8, 4) is 11.1 Å². The van der Waals surface area contributed by atoms with Gasteiger partial charge in [0.15, 0.2) is 0 Å². The Morgan fingerprint density at radius 3 is 2.38 bits per heavy atom. The van der Waals surface area contributed by atoms with Crippen molar-refractivity contribution in [3.63, 3.8) is 0 Å². The van der Waals surface area contributed by atoms with Gasteiger partial charge in [-0.3, -0.25) is 9.78 Å². The first-order chi connectivity index (χ1) is 16.2. The summed E-state index contributed by atoms with van der Waals surface area (Å²) in [6.07, 6.45) is 2.00. The zero-order valence-electron chi connectivity index (χ0n) is 18.9. The highest BCUT2D eigenvalue weighted by Crippen LogP contribution is 2.35. The van der Waals surface area contributed by atoms with Crippen LogP contribution in [-0.2, 0) is 12.7 Å². The van der Waals surface area contributed by atoms with Crippen molar-refractivity contribution in [2.24, 2.45) is 0 Å². The number of carbonyl (C=O) groups excluding carboxylic acids is 1. The Hall–Kier alpha value is -2.86. The van der Waals surface area contributed by atoms with Crippen molar-refractivity contribution < 1.29 is 18.0 Å². The standard InChI is InChI=1S/C27H26ClF3N2O/c1-17-7-9-19(10-8-17)21-11-20(18-5-3-2-4-6-18)12-22(13-21)26(34)33-16-25-24(28)14-23(15-32-25)27(29,30)31/h7-15,18H,2-6,16H2,1H3,(H,33,34). The normalized spacial score (nSPS) is 14.7. The van der Waals surface area contributed by atoms with E-state index in [0.29, 0.717) is 11.5 Å². The molecule has 178 valence electrons. The number of benzene rings is 2. The summed E-state index contributed by atoms with van der Waals surface area (Å²) in [6, 6.07) is 15.0. The second-order valence-corrected chi connectivity index (χ2v) is 9.28. The molecule has 0 saturated heterocycles. The largest absolute Gasteiger partial charge is 0.417 e. The predicted octanol–water partition coefficient (Wildman–Crippen LogP) is 7.71. The minimum Gasteiger partial charge on any atom is -0.346 e. The van der Waals surface area contributed by atoms with Crippen LogP contribution in [0.2, 0.25) is 5.02 Å². The number of nitrogens with one attached hydrogen (secondary N) is 1. The van der Waals surface area contributed by atoms with Gasteiger partial charge in [-0.15, -0.1) is 0 Å². The van der Waals surface area contributed by atoms with Crippen LogP contribution < -0.4 is 5.32 Å². The third-order valence-corrected chi connectivity index (χ3v) is 6.67. The van der Waals surface area contributed by atoms with E-state index in [1.807, 2.05) is 43.3 Å². The molecule has 0 aliphatic heterocycles. The fourth-order valence-corrected chi connectivity index (χ4v) is 4.62. The molecule has 1 heterocycles. The van der Waals surface area contributed by atoms with E-state index >= 15 is 0 Å². The van der Waals surface area contributed by atoms with Crippen molar-refractivity contribution in [2.45, 2.75) is 57.7 Å². The molecule has 3 nitrogen and oxygen atoms in total. The molecule has 0 atom stereocenters. The lowest BCUT2D eigenvalue weighted by atomic mass is 9.82. The predicted molar refractivity (Wildman–Crippen MR) is 128 cm³/mol. The highest BCUT2D eigenvalue weighted by Gasteiger charge is 2.31. The maximum atomic E-state index is 13.1. The van der Waals surface area contributed by atoms with Crippen LogP contribution in [0, 0.1) is 6.92 Å². The molecule has 2 aromatic carbocycles. The molecule has 34 heavy (non-hydrogen) atoms. The highest BCUT2D eigenvalue weighted by atomic mass is 35.5. The van der Waals surface area contributed by atoms with Crippen LogP contribution in [0.4, 0.5) is 13.2 Å². The number of hydrogen-bond donors (Lipinski definition) is 1. The fraction of sp³-hybridized carbons (Fsp3) is 0.333. The molecule has 4 rings (SSSR count). The summed E-state index contributed by atoms with van der Waals surface area (Å²) in [5.41, 5.74) is 4.09. The van der Waals surface area contributed by atoms with Gasteiger partial charge in [0.1, 0.15) is 0 Å². The lowest BCUT2D eigenvalue weighted by molar-refractivity contribution is -0.137. The van der Waals surface area contributed by atoms with Crippen molar-refractivity contribution >= 4 is 17.5 Å². The van der Waals surface area contributed by atoms with Crippen LogP contribution in [0.1, 0.15) is 70.8 Å². The van der Waals surface area contributed by atoms with E-state index in [9.17, 15) is 18.0 Å². The highest BCUT2D eigenvalue weighted by molar-refractivity contribution is 6.31. The topological polar surface area (TPSA) is 42.0 Å². The first-order valence-electron chi connectivity index (χ1n) is 11.4. The third kappa shape index (κ3) is 5.79. The maximum Gasteiger partial charge on any atom is 0.417 e. The summed E-state index contributed by atoms with van der Waals surface area (Å²) < 4.78 is 38.6. The molecule has 0 unspecified atom stereocenters. The molecule has 1 amide bonds. The lowest BCUT2D eigenvalue weighted by Gasteiger charge is -2.23. The molecule has 1 fully saturated rings. The SMILES string of the molecule is Cc1ccc(-c2cc(C(=O)NCc3ncc(C(F)(F)F)cc3Cl)cc(C3CCCCC3)c2)cc1. The van der Waals surface area contributed by atoms with Crippen molar-refractivity contribution in [3.05, 3.63) is 87.7 Å². The minimum absolute atomic E-state index is 0.0661. The number of nitrogens with zero attached hydrogens (tertiary/aromatic N) is 1. The van der Waals surface area contributed by atoms with E-state index in [0.717, 1.165) is 47.4 Å². The number of rotatable bonds is 5. The molecule has 1 saturated carbocycles. The summed E-state index contributed by atoms with van der Waals surface area (Å²) in [5.74, 6) is 0.0977. The first-order valence-corrected chi connectivity index (χ1v) is 11.8. The monoisotopic (exact) mass is 486 g/mol. The zero-order valence-corrected chi connectivity index (χ0v) is 19.6. The van der Waals surface area contributed by atoms with Gasteiger partial charge in [0, 0.05) is 11.8 Å². The van der Waals surface area contributed by atoms with E-state index in [-0.39, 0.29) is 23.2 Å². The first kappa shape index (κ1) is 24.3. The molecule has 1 aromatic heterocycles. The van der Waals surface area contributed by atoms with Crippen LogP contribution >= 0.6 is 11.6 Å². The Morgan fingerprint density at radius 2 is 1.74 bits per heavy atom. The molecule has 1 N–H and O–H groups in total. The molecular weight excluding hydrogens is 461 g/mol. The molecule has 0 bridgehead atoms. The molecule has 3 aromatic rings. The number of aromatic nitrogens is 1. The zero-order chi connectivity index (χ0) is 24.3. The van der Waals surface area contributed by atoms with Crippen LogP contribution in [0.5, 0.6) is 0 Å². The summed E-state index contributed by atoms with van der Waals surface area (Å²) in [4.78, 5) is 16.9. The van der Waals surface area contributed by atoms with E-state index in [1.54, 1.807) is 0 Å². The Bertz CT molecular complexity index is 1170. The Morgan fingerprint density at radius 1 is 1.03 bits per heavy atom. The number of amides is 1. The van der Waals surface area contributed by atoms with Gasteiger partial charge in [0.25, 0.3) is 5.91 Å². The number of alkyl halides is 3. The molecular formula is C27H26ClF3N2O. The van der Waals surface area contributed by atoms with Gasteiger partial charge in [-0.25, -0.2) is 0 Å². The van der Waals surface area contributed by atoms with Crippen LogP contribution in [-0.4, -0.2) is 10.9 Å². The van der Waals surface area contributed by atoms with Crippen molar-refractivity contribution in [2.75, 3.05) is 0 Å². The fourth-order valence-electron chi connectivity index (χ4n) is 4.38. The van der Waals surface area contributed by atoms with Crippen LogP contribution in [0.25, 0.3) is 11.1 Å². The number of halogens is 4. The average molecular weight is 487 g/mol. The van der Waals surface area contributed by atoms with Crippen LogP contribution in [0.3, 0.4) is 0 Å². The smallest absolute Gasteiger partial charge is 0.346 e. The Balaban J connectivity index is 1.58. The van der Waals surface area contributed by atoms with Gasteiger partial charge < -0.3 is 5.32 Å². The molecule has 0 radical (unpaired) electrons. The van der Waals surface area contributed by atoms with Gasteiger partial charge in [-0.05, 0) is 60.6 Å². The number of hydrogen-bond acceptors (Lipinski definition) is 2. The van der Waals surface area contributed by atoms with Crippen molar-refractivity contribution in [1.29, 1.82) is 0 Å². The third-order valence-electron chi connectivity index (χ3n) is 6.34. The molecule has 0 spiro atoms. The quantitative estimate of drug-likeness (QED) is 0.401. The van der Waals surface area contributed by atoms with E-state index in [4.69, 9.17) is 11.6 Å². The number of aryl methyl sites for hydroxylation is 1. The average Bonchev–Trinajstić information content (AvgIpc) is 2.83. The molecule has 1 aliphatic rings. The Labute approximate surface area is 202 Å². The van der Waals surface area contributed by atoms with Crippen molar-refractivity contribution in [1.82, 2.24) is 10.3 Å². The van der Waals surface area contributed by atoms with E-state index in [2.05, 4.69) is 16.4 Å². The minimum atomic E-state index is -4.52. The summed E-state index contributed by atoms with van der Waals surface area (Å²) in [5, 5.41) is 2.63.